The summed E-state index contributed by atoms with van der Waals surface area (Å²) in [6.07, 6.45) is 7.56. The predicted molar refractivity (Wildman–Crippen MR) is 81.7 cm³/mol. The van der Waals surface area contributed by atoms with Gasteiger partial charge in [-0.15, -0.1) is 0 Å². The largest absolute Gasteiger partial charge is 0.176 e. The summed E-state index contributed by atoms with van der Waals surface area (Å²) in [5, 5.41) is 0.393. The minimum atomic E-state index is 0.393. The first-order valence-corrected chi connectivity index (χ1v) is 7.36. The van der Waals surface area contributed by atoms with Gasteiger partial charge in [-0.3, -0.25) is 0 Å². The lowest BCUT2D eigenvalue weighted by Crippen LogP contribution is -2.21. The molecule has 1 atom stereocenters. The molecule has 0 radical (unpaired) electrons. The molecule has 0 aromatic heterocycles. The van der Waals surface area contributed by atoms with E-state index >= 15 is 0 Å². The number of rotatable bonds is 5. The molecule has 1 saturated carbocycles. The molecule has 0 nitrogen and oxygen atoms in total. The van der Waals surface area contributed by atoms with Crippen LogP contribution in [-0.2, 0) is 0 Å². The molecule has 0 spiro atoms. The third-order valence-electron chi connectivity index (χ3n) is 4.04. The average Bonchev–Trinajstić information content (AvgIpc) is 2.20. The Morgan fingerprint density at radius 2 is 1.76 bits per heavy atom. The van der Waals surface area contributed by atoms with Gasteiger partial charge >= 0.3 is 0 Å². The number of thiol groups is 1. The van der Waals surface area contributed by atoms with Crippen molar-refractivity contribution in [2.45, 2.75) is 64.5 Å². The van der Waals surface area contributed by atoms with E-state index in [9.17, 15) is 0 Å². The zero-order valence-electron chi connectivity index (χ0n) is 11.8. The van der Waals surface area contributed by atoms with Crippen LogP contribution in [0.5, 0.6) is 0 Å². The Labute approximate surface area is 113 Å². The zero-order chi connectivity index (χ0) is 13.1. The lowest BCUT2D eigenvalue weighted by Gasteiger charge is -2.34. The Hall–Kier alpha value is -0.170. The van der Waals surface area contributed by atoms with E-state index in [1.807, 2.05) is 0 Å². The highest BCUT2D eigenvalue weighted by molar-refractivity contribution is 7.80. The van der Waals surface area contributed by atoms with Crippen molar-refractivity contribution >= 4 is 12.6 Å². The van der Waals surface area contributed by atoms with E-state index in [1.54, 1.807) is 0 Å². The summed E-state index contributed by atoms with van der Waals surface area (Å²) in [6.45, 7) is 15.2. The fourth-order valence-electron chi connectivity index (χ4n) is 2.66. The van der Waals surface area contributed by atoms with E-state index in [2.05, 4.69) is 46.6 Å². The maximum atomic E-state index is 4.42. The Kier molecular flexibility index (Phi) is 5.37. The maximum absolute atomic E-state index is 4.42. The standard InChI is InChI=1S/C16H28S/c1-12(10-14(3)17)13(2)11-15-6-8-16(4,5)9-7-15/h14-15,17H,1-2,6-11H2,3-5H3. The van der Waals surface area contributed by atoms with Crippen LogP contribution in [-0.4, -0.2) is 5.25 Å². The fourth-order valence-corrected chi connectivity index (χ4v) is 2.88. The predicted octanol–water partition coefficient (Wildman–Crippen LogP) is 5.41. The van der Waals surface area contributed by atoms with Crippen molar-refractivity contribution in [1.29, 1.82) is 0 Å². The Bertz CT molecular complexity index is 276. The van der Waals surface area contributed by atoms with Crippen LogP contribution in [0.1, 0.15) is 59.3 Å². The molecule has 17 heavy (non-hydrogen) atoms. The van der Waals surface area contributed by atoms with Gasteiger partial charge in [0.15, 0.2) is 0 Å². The Morgan fingerprint density at radius 1 is 1.24 bits per heavy atom. The summed E-state index contributed by atoms with van der Waals surface area (Å²) in [7, 11) is 0. The molecule has 1 heteroatoms. The van der Waals surface area contributed by atoms with Gasteiger partial charge in [0, 0.05) is 5.25 Å². The molecule has 0 aromatic rings. The molecule has 1 rings (SSSR count). The molecule has 98 valence electrons. The lowest BCUT2D eigenvalue weighted by molar-refractivity contribution is 0.191. The minimum Gasteiger partial charge on any atom is -0.176 e. The Balaban J connectivity index is 2.35. The lowest BCUT2D eigenvalue weighted by atomic mass is 9.71. The number of allylic oxidation sites excluding steroid dienone is 2. The highest BCUT2D eigenvalue weighted by Crippen LogP contribution is 2.40. The minimum absolute atomic E-state index is 0.393. The summed E-state index contributed by atoms with van der Waals surface area (Å²) in [4.78, 5) is 0. The first-order valence-electron chi connectivity index (χ1n) is 6.84. The quantitative estimate of drug-likeness (QED) is 0.490. The number of hydrogen-bond donors (Lipinski definition) is 1. The van der Waals surface area contributed by atoms with Crippen LogP contribution in [0.3, 0.4) is 0 Å². The summed E-state index contributed by atoms with van der Waals surface area (Å²) < 4.78 is 0. The van der Waals surface area contributed by atoms with Crippen molar-refractivity contribution in [3.05, 3.63) is 24.3 Å². The fraction of sp³-hybridized carbons (Fsp3) is 0.750. The van der Waals surface area contributed by atoms with Crippen molar-refractivity contribution < 1.29 is 0 Å². The summed E-state index contributed by atoms with van der Waals surface area (Å²) in [5.74, 6) is 0.836. The molecule has 0 aliphatic heterocycles. The molecule has 1 aliphatic rings. The van der Waals surface area contributed by atoms with Gasteiger partial charge in [-0.05, 0) is 49.9 Å². The van der Waals surface area contributed by atoms with Crippen LogP contribution >= 0.6 is 12.6 Å². The van der Waals surface area contributed by atoms with E-state index in [1.165, 1.54) is 36.8 Å². The van der Waals surface area contributed by atoms with E-state index in [4.69, 9.17) is 0 Å². The highest BCUT2D eigenvalue weighted by atomic mass is 32.1. The first kappa shape index (κ1) is 14.9. The molecule has 0 bridgehead atoms. The first-order chi connectivity index (χ1) is 7.80. The molecule has 0 saturated heterocycles. The number of hydrogen-bond acceptors (Lipinski definition) is 1. The molecule has 1 fully saturated rings. The van der Waals surface area contributed by atoms with Crippen molar-refractivity contribution in [1.82, 2.24) is 0 Å². The molecular weight excluding hydrogens is 224 g/mol. The topological polar surface area (TPSA) is 0 Å². The third kappa shape index (κ3) is 5.33. The van der Waals surface area contributed by atoms with Crippen LogP contribution in [0.4, 0.5) is 0 Å². The van der Waals surface area contributed by atoms with Gasteiger partial charge in [0.05, 0.1) is 0 Å². The van der Waals surface area contributed by atoms with Crippen LogP contribution in [0.25, 0.3) is 0 Å². The van der Waals surface area contributed by atoms with E-state index in [0.29, 0.717) is 10.7 Å². The van der Waals surface area contributed by atoms with Gasteiger partial charge in [0.25, 0.3) is 0 Å². The van der Waals surface area contributed by atoms with E-state index in [0.717, 1.165) is 18.8 Å². The van der Waals surface area contributed by atoms with E-state index < -0.39 is 0 Å². The molecule has 0 amide bonds. The smallest absolute Gasteiger partial charge is 0.00287 e. The zero-order valence-corrected chi connectivity index (χ0v) is 12.7. The van der Waals surface area contributed by atoms with Crippen LogP contribution in [0.15, 0.2) is 24.3 Å². The molecule has 1 unspecified atom stereocenters. The summed E-state index contributed by atoms with van der Waals surface area (Å²) in [5.41, 5.74) is 3.03. The SMILES string of the molecule is C=C(CC(C)S)C(=C)CC1CCC(C)(C)CC1. The third-order valence-corrected chi connectivity index (χ3v) is 4.22. The summed E-state index contributed by atoms with van der Waals surface area (Å²) in [6, 6.07) is 0. The normalized spacial score (nSPS) is 22.1. The van der Waals surface area contributed by atoms with E-state index in [-0.39, 0.29) is 0 Å². The van der Waals surface area contributed by atoms with Crippen LogP contribution in [0, 0.1) is 11.3 Å². The molecule has 0 N–H and O–H groups in total. The monoisotopic (exact) mass is 252 g/mol. The average molecular weight is 252 g/mol. The molecule has 0 heterocycles. The maximum Gasteiger partial charge on any atom is 0.00287 e. The molecule has 1 aliphatic carbocycles. The van der Waals surface area contributed by atoms with Crippen molar-refractivity contribution in [2.75, 3.05) is 0 Å². The highest BCUT2D eigenvalue weighted by Gasteiger charge is 2.27. The van der Waals surface area contributed by atoms with Crippen molar-refractivity contribution in [2.24, 2.45) is 11.3 Å². The van der Waals surface area contributed by atoms with Crippen molar-refractivity contribution in [3.8, 4) is 0 Å². The van der Waals surface area contributed by atoms with Gasteiger partial charge in [-0.1, -0.05) is 45.1 Å². The van der Waals surface area contributed by atoms with Gasteiger partial charge < -0.3 is 0 Å². The van der Waals surface area contributed by atoms with Gasteiger partial charge in [-0.2, -0.15) is 12.6 Å². The molecular formula is C16H28S. The van der Waals surface area contributed by atoms with Gasteiger partial charge in [0.2, 0.25) is 0 Å². The van der Waals surface area contributed by atoms with Gasteiger partial charge in [-0.25, -0.2) is 0 Å². The molecule has 0 aromatic carbocycles. The van der Waals surface area contributed by atoms with Crippen LogP contribution < -0.4 is 0 Å². The second-order valence-electron chi connectivity index (χ2n) is 6.57. The van der Waals surface area contributed by atoms with Crippen LogP contribution in [0.2, 0.25) is 0 Å². The second kappa shape index (κ2) is 6.13. The Morgan fingerprint density at radius 3 is 2.24 bits per heavy atom. The summed E-state index contributed by atoms with van der Waals surface area (Å²) >= 11 is 4.42. The second-order valence-corrected chi connectivity index (χ2v) is 7.45. The van der Waals surface area contributed by atoms with Gasteiger partial charge in [0.1, 0.15) is 0 Å². The van der Waals surface area contributed by atoms with Crippen molar-refractivity contribution in [3.63, 3.8) is 0 Å².